The Balaban J connectivity index is 1.27. The number of hydrogen-bond donors (Lipinski definition) is 4. The molecule has 6 rings (SSSR count). The molecule has 0 amide bonds. The standard InChI is InChI=1S/C32H42O12/c1-16-12-22(43-17(2)34)25(36)28(42-16)44-19-6-9-30(15-33)24-21(7-10-31(30,39)13-19)32(40)11-8-20(18-4-5-23(35)41-14-18)29(32,3)27(38)26(24)37/h4-5,14-16,19-22,24-26,28,36-37,39-40H,6-13H2,1-3H3. The molecule has 44 heavy (non-hydrogen) atoms. The van der Waals surface area contributed by atoms with Crippen molar-refractivity contribution in [3.05, 3.63) is 34.4 Å². The first-order valence-electron chi connectivity index (χ1n) is 15.6. The predicted molar refractivity (Wildman–Crippen MR) is 150 cm³/mol. The number of rotatable bonds is 5. The second-order valence-electron chi connectivity index (χ2n) is 14.0. The molecule has 12 heteroatoms. The highest BCUT2D eigenvalue weighted by atomic mass is 16.7. The molecule has 0 radical (unpaired) electrons. The number of ketones is 1. The van der Waals surface area contributed by atoms with E-state index >= 15 is 0 Å². The van der Waals surface area contributed by atoms with Crippen molar-refractivity contribution in [3.63, 3.8) is 0 Å². The van der Waals surface area contributed by atoms with E-state index in [4.69, 9.17) is 18.6 Å². The van der Waals surface area contributed by atoms with Gasteiger partial charge in [0.1, 0.15) is 24.6 Å². The summed E-state index contributed by atoms with van der Waals surface area (Å²) in [7, 11) is 0. The van der Waals surface area contributed by atoms with Crippen LogP contribution in [0.1, 0.15) is 83.6 Å². The summed E-state index contributed by atoms with van der Waals surface area (Å²) in [5, 5.41) is 47.1. The van der Waals surface area contributed by atoms with Crippen LogP contribution < -0.4 is 5.63 Å². The number of ether oxygens (including phenoxy) is 3. The van der Waals surface area contributed by atoms with Gasteiger partial charge in [-0.25, -0.2) is 4.79 Å². The third-order valence-corrected chi connectivity index (χ3v) is 11.9. The van der Waals surface area contributed by atoms with Crippen LogP contribution in [0.4, 0.5) is 0 Å². The van der Waals surface area contributed by atoms with Crippen molar-refractivity contribution in [2.45, 2.75) is 126 Å². The van der Waals surface area contributed by atoms with Gasteiger partial charge in [0.05, 0.1) is 40.5 Å². The zero-order valence-electron chi connectivity index (χ0n) is 25.2. The predicted octanol–water partition coefficient (Wildman–Crippen LogP) is 1.14. The van der Waals surface area contributed by atoms with E-state index in [1.807, 2.05) is 0 Å². The Morgan fingerprint density at radius 2 is 1.84 bits per heavy atom. The molecular weight excluding hydrogens is 576 g/mol. The Bertz CT molecular complexity index is 1360. The summed E-state index contributed by atoms with van der Waals surface area (Å²) < 4.78 is 22.3. The zero-order valence-corrected chi connectivity index (χ0v) is 25.2. The lowest BCUT2D eigenvalue weighted by molar-refractivity contribution is -0.301. The van der Waals surface area contributed by atoms with Gasteiger partial charge < -0.3 is 43.8 Å². The quantitative estimate of drug-likeness (QED) is 0.209. The van der Waals surface area contributed by atoms with Crippen LogP contribution in [-0.2, 0) is 28.6 Å². The van der Waals surface area contributed by atoms with Gasteiger partial charge in [0.2, 0.25) is 0 Å². The van der Waals surface area contributed by atoms with E-state index in [1.165, 1.54) is 19.3 Å². The van der Waals surface area contributed by atoms with Crippen molar-refractivity contribution >= 4 is 18.0 Å². The van der Waals surface area contributed by atoms with E-state index in [2.05, 4.69) is 0 Å². The lowest BCUT2D eigenvalue weighted by atomic mass is 9.40. The van der Waals surface area contributed by atoms with Gasteiger partial charge in [-0.3, -0.25) is 9.59 Å². The monoisotopic (exact) mass is 618 g/mol. The number of fused-ring (bicyclic) bond motifs is 5. The van der Waals surface area contributed by atoms with Crippen LogP contribution in [0.25, 0.3) is 0 Å². The molecule has 1 aromatic rings. The Kier molecular flexibility index (Phi) is 7.74. The number of aliphatic hydroxyl groups is 4. The first kappa shape index (κ1) is 31.5. The largest absolute Gasteiger partial charge is 0.459 e. The normalized spacial score (nSPS) is 48.5. The Morgan fingerprint density at radius 1 is 1.09 bits per heavy atom. The molecule has 4 N–H and O–H groups in total. The first-order chi connectivity index (χ1) is 20.7. The van der Waals surface area contributed by atoms with Crippen molar-refractivity contribution in [2.75, 3.05) is 0 Å². The van der Waals surface area contributed by atoms with Crippen molar-refractivity contribution in [2.24, 2.45) is 22.7 Å². The van der Waals surface area contributed by atoms with Gasteiger partial charge in [-0.1, -0.05) is 0 Å². The average molecular weight is 619 g/mol. The Morgan fingerprint density at radius 3 is 2.50 bits per heavy atom. The molecule has 242 valence electrons. The van der Waals surface area contributed by atoms with Crippen molar-refractivity contribution in [1.82, 2.24) is 0 Å². The molecule has 5 fully saturated rings. The molecule has 1 saturated heterocycles. The van der Waals surface area contributed by atoms with Crippen LogP contribution >= 0.6 is 0 Å². The van der Waals surface area contributed by atoms with Gasteiger partial charge in [0.25, 0.3) is 0 Å². The number of Topliss-reactive ketones (excluding diaryl/α,β-unsaturated/α-hetero) is 1. The van der Waals surface area contributed by atoms with E-state index in [0.717, 1.165) is 0 Å². The van der Waals surface area contributed by atoms with E-state index in [9.17, 15) is 39.6 Å². The van der Waals surface area contributed by atoms with Crippen LogP contribution in [0.3, 0.4) is 0 Å². The summed E-state index contributed by atoms with van der Waals surface area (Å²) in [5.41, 5.74) is -6.12. The molecule has 1 aliphatic heterocycles. The number of carbonyl (C=O) groups excluding carboxylic acids is 3. The van der Waals surface area contributed by atoms with Crippen molar-refractivity contribution in [3.8, 4) is 0 Å². The minimum absolute atomic E-state index is 0.0174. The topological polar surface area (TPSA) is 190 Å². The summed E-state index contributed by atoms with van der Waals surface area (Å²) >= 11 is 0. The fourth-order valence-corrected chi connectivity index (χ4v) is 9.79. The van der Waals surface area contributed by atoms with Gasteiger partial charge in [0.15, 0.2) is 12.1 Å². The second kappa shape index (κ2) is 10.8. The van der Waals surface area contributed by atoms with E-state index < -0.39 is 87.9 Å². The summed E-state index contributed by atoms with van der Waals surface area (Å²) in [5.74, 6) is -3.33. The van der Waals surface area contributed by atoms with Crippen LogP contribution in [0.5, 0.6) is 0 Å². The minimum Gasteiger partial charge on any atom is -0.459 e. The number of esters is 1. The maximum Gasteiger partial charge on any atom is 0.335 e. The SMILES string of the molecule is CC(=O)OC1CC(C)OC(OC2CCC3(C=O)C4C(O)C(=O)C5(C)C(c6ccc(=O)oc6)CCC5(O)C4CCC3(O)C2)C1O. The summed E-state index contributed by atoms with van der Waals surface area (Å²) in [6.45, 7) is 4.67. The van der Waals surface area contributed by atoms with Crippen LogP contribution in [0, 0.1) is 22.7 Å². The van der Waals surface area contributed by atoms with Gasteiger partial charge in [-0.05, 0) is 69.9 Å². The molecule has 2 heterocycles. The molecule has 12 nitrogen and oxygen atoms in total. The summed E-state index contributed by atoms with van der Waals surface area (Å²) in [4.78, 5) is 50.4. The fourth-order valence-electron chi connectivity index (χ4n) is 9.79. The van der Waals surface area contributed by atoms with Crippen LogP contribution in [0.15, 0.2) is 27.6 Å². The lowest BCUT2D eigenvalue weighted by Gasteiger charge is -2.65. The lowest BCUT2D eigenvalue weighted by Crippen LogP contribution is -2.74. The molecule has 0 spiro atoms. The van der Waals surface area contributed by atoms with Crippen LogP contribution in [0.2, 0.25) is 0 Å². The molecule has 4 saturated carbocycles. The summed E-state index contributed by atoms with van der Waals surface area (Å²) in [6.07, 6.45) is -2.24. The van der Waals surface area contributed by atoms with Gasteiger partial charge in [0, 0.05) is 37.7 Å². The Hall–Kier alpha value is -2.48. The van der Waals surface area contributed by atoms with E-state index in [1.54, 1.807) is 19.9 Å². The highest BCUT2D eigenvalue weighted by molar-refractivity contribution is 5.93. The first-order valence-corrected chi connectivity index (χ1v) is 15.6. The highest BCUT2D eigenvalue weighted by Gasteiger charge is 2.76. The molecule has 0 bridgehead atoms. The Labute approximate surface area is 254 Å². The molecule has 1 aromatic heterocycles. The molecule has 0 aromatic carbocycles. The smallest absolute Gasteiger partial charge is 0.335 e. The summed E-state index contributed by atoms with van der Waals surface area (Å²) in [6, 6.07) is 2.84. The molecule has 5 aliphatic rings. The molecule has 4 aliphatic carbocycles. The number of hydrogen-bond acceptors (Lipinski definition) is 12. The number of carbonyl (C=O) groups is 3. The van der Waals surface area contributed by atoms with Gasteiger partial charge >= 0.3 is 11.6 Å². The maximum absolute atomic E-state index is 14.2. The van der Waals surface area contributed by atoms with Crippen molar-refractivity contribution in [1.29, 1.82) is 0 Å². The van der Waals surface area contributed by atoms with Gasteiger partial charge in [-0.2, -0.15) is 0 Å². The average Bonchev–Trinajstić information content (AvgIpc) is 3.25. The third kappa shape index (κ3) is 4.39. The highest BCUT2D eigenvalue weighted by Crippen LogP contribution is 2.70. The second-order valence-corrected chi connectivity index (χ2v) is 14.0. The zero-order chi connectivity index (χ0) is 31.8. The maximum atomic E-state index is 14.2. The fraction of sp³-hybridized carbons (Fsp3) is 0.750. The van der Waals surface area contributed by atoms with Crippen LogP contribution in [-0.4, -0.2) is 86.5 Å². The molecule has 13 atom stereocenters. The number of aliphatic hydroxyl groups excluding tert-OH is 2. The minimum atomic E-state index is -1.66. The third-order valence-electron chi connectivity index (χ3n) is 11.9. The molecular formula is C32H42O12. The molecule has 13 unspecified atom stereocenters. The van der Waals surface area contributed by atoms with Crippen molar-refractivity contribution < 1.29 is 53.4 Å². The number of aldehydes is 1. The van der Waals surface area contributed by atoms with E-state index in [-0.39, 0.29) is 44.6 Å². The van der Waals surface area contributed by atoms with E-state index in [0.29, 0.717) is 24.7 Å². The van der Waals surface area contributed by atoms with Gasteiger partial charge in [-0.15, -0.1) is 0 Å².